The van der Waals surface area contributed by atoms with Crippen molar-refractivity contribution >= 4 is 37.5 Å². The second kappa shape index (κ2) is 9.11. The van der Waals surface area contributed by atoms with Crippen LogP contribution >= 0.6 is 15.9 Å². The maximum atomic E-state index is 13.1. The number of aryl methyl sites for hydroxylation is 1. The highest BCUT2D eigenvalue weighted by atomic mass is 79.9. The molecule has 0 fully saturated rings. The zero-order chi connectivity index (χ0) is 20.1. The number of aromatic nitrogens is 1. The van der Waals surface area contributed by atoms with Gasteiger partial charge in [-0.2, -0.15) is 8.42 Å². The van der Waals surface area contributed by atoms with Crippen LogP contribution in [0.5, 0.6) is 5.88 Å². The lowest BCUT2D eigenvalue weighted by atomic mass is 10.0. The summed E-state index contributed by atoms with van der Waals surface area (Å²) in [5.74, 6) is 0.274. The minimum absolute atomic E-state index is 0.274. The highest BCUT2D eigenvalue weighted by molar-refractivity contribution is 9.10. The van der Waals surface area contributed by atoms with Gasteiger partial charge in [0.25, 0.3) is 0 Å². The zero-order valence-corrected chi connectivity index (χ0v) is 18.5. The van der Waals surface area contributed by atoms with Crippen molar-refractivity contribution in [3.05, 3.63) is 46.6 Å². The SMILES string of the molecule is CN(C)CCCOc1ncc(Br)cc1NS(=O)(=O)N1CCCc2ccccc21. The van der Waals surface area contributed by atoms with Crippen LogP contribution in [0.3, 0.4) is 0 Å². The Bertz CT molecular complexity index is 921. The molecule has 1 aliphatic rings. The lowest BCUT2D eigenvalue weighted by molar-refractivity contribution is 0.274. The highest BCUT2D eigenvalue weighted by Gasteiger charge is 2.28. The van der Waals surface area contributed by atoms with Crippen LogP contribution in [0.25, 0.3) is 0 Å². The lowest BCUT2D eigenvalue weighted by Crippen LogP contribution is -2.39. The number of nitrogens with one attached hydrogen (secondary N) is 1. The van der Waals surface area contributed by atoms with Crippen LogP contribution in [0.2, 0.25) is 0 Å². The van der Waals surface area contributed by atoms with E-state index in [1.165, 1.54) is 4.31 Å². The number of hydrogen-bond donors (Lipinski definition) is 1. The van der Waals surface area contributed by atoms with Crippen molar-refractivity contribution < 1.29 is 13.2 Å². The molecular formula is C19H25BrN4O3S. The monoisotopic (exact) mass is 468 g/mol. The van der Waals surface area contributed by atoms with E-state index >= 15 is 0 Å². The molecular weight excluding hydrogens is 444 g/mol. The van der Waals surface area contributed by atoms with Crippen molar-refractivity contribution in [2.24, 2.45) is 0 Å². The van der Waals surface area contributed by atoms with Crippen molar-refractivity contribution in [3.63, 3.8) is 0 Å². The molecule has 7 nitrogen and oxygen atoms in total. The predicted octanol–water partition coefficient (Wildman–Crippen LogP) is 3.28. The first-order chi connectivity index (χ1) is 13.4. The summed E-state index contributed by atoms with van der Waals surface area (Å²) in [6.45, 7) is 1.77. The Kier molecular flexibility index (Phi) is 6.79. The van der Waals surface area contributed by atoms with Crippen molar-refractivity contribution in [3.8, 4) is 5.88 Å². The Morgan fingerprint density at radius 2 is 2.11 bits per heavy atom. The van der Waals surface area contributed by atoms with Crippen molar-refractivity contribution in [2.45, 2.75) is 19.3 Å². The Morgan fingerprint density at radius 3 is 2.89 bits per heavy atom. The van der Waals surface area contributed by atoms with E-state index in [1.807, 2.05) is 38.4 Å². The van der Waals surface area contributed by atoms with Crippen LogP contribution in [0.4, 0.5) is 11.4 Å². The first-order valence-corrected chi connectivity index (χ1v) is 11.4. The van der Waals surface area contributed by atoms with Crippen LogP contribution < -0.4 is 13.8 Å². The van der Waals surface area contributed by atoms with Gasteiger partial charge in [-0.05, 0) is 67.0 Å². The van der Waals surface area contributed by atoms with Crippen LogP contribution in [-0.4, -0.2) is 52.1 Å². The van der Waals surface area contributed by atoms with Gasteiger partial charge in [-0.1, -0.05) is 18.2 Å². The van der Waals surface area contributed by atoms with E-state index in [-0.39, 0.29) is 5.88 Å². The first-order valence-electron chi connectivity index (χ1n) is 9.18. The quantitative estimate of drug-likeness (QED) is 0.601. The van der Waals surface area contributed by atoms with E-state index in [0.717, 1.165) is 37.1 Å². The van der Waals surface area contributed by atoms with E-state index < -0.39 is 10.2 Å². The van der Waals surface area contributed by atoms with Crippen molar-refractivity contribution in [1.82, 2.24) is 9.88 Å². The molecule has 152 valence electrons. The summed E-state index contributed by atoms with van der Waals surface area (Å²) in [5, 5.41) is 0. The van der Waals surface area contributed by atoms with Crippen LogP contribution in [0.15, 0.2) is 41.0 Å². The second-order valence-corrected chi connectivity index (χ2v) is 9.43. The van der Waals surface area contributed by atoms with E-state index in [2.05, 4.69) is 30.5 Å². The van der Waals surface area contributed by atoms with Crippen LogP contribution in [-0.2, 0) is 16.6 Å². The average Bonchev–Trinajstić information content (AvgIpc) is 2.65. The number of rotatable bonds is 8. The van der Waals surface area contributed by atoms with E-state index in [9.17, 15) is 8.42 Å². The van der Waals surface area contributed by atoms with Gasteiger partial charge < -0.3 is 9.64 Å². The van der Waals surface area contributed by atoms with Crippen LogP contribution in [0.1, 0.15) is 18.4 Å². The molecule has 0 unspecified atom stereocenters. The molecule has 0 atom stereocenters. The molecule has 0 saturated heterocycles. The second-order valence-electron chi connectivity index (χ2n) is 6.92. The molecule has 0 bridgehead atoms. The predicted molar refractivity (Wildman–Crippen MR) is 115 cm³/mol. The third kappa shape index (κ3) is 5.15. The van der Waals surface area contributed by atoms with Crippen LogP contribution in [0, 0.1) is 0 Å². The summed E-state index contributed by atoms with van der Waals surface area (Å²) >= 11 is 3.35. The summed E-state index contributed by atoms with van der Waals surface area (Å²) in [7, 11) is 0.189. The highest BCUT2D eigenvalue weighted by Crippen LogP contribution is 2.32. The van der Waals surface area contributed by atoms with Gasteiger partial charge in [0.05, 0.1) is 12.3 Å². The molecule has 2 heterocycles. The molecule has 9 heteroatoms. The molecule has 0 amide bonds. The first kappa shape index (κ1) is 20.9. The van der Waals surface area contributed by atoms with Gasteiger partial charge in [0.1, 0.15) is 5.69 Å². The van der Waals surface area contributed by atoms with E-state index in [0.29, 0.717) is 23.3 Å². The molecule has 0 saturated carbocycles. The smallest absolute Gasteiger partial charge is 0.324 e. The summed E-state index contributed by atoms with van der Waals surface area (Å²) < 4.78 is 36.7. The fourth-order valence-electron chi connectivity index (χ4n) is 3.11. The number of para-hydroxylation sites is 1. The van der Waals surface area contributed by atoms with E-state index in [4.69, 9.17) is 4.74 Å². The number of benzene rings is 1. The Labute approximate surface area is 175 Å². The molecule has 0 spiro atoms. The van der Waals surface area contributed by atoms with Gasteiger partial charge in [0.2, 0.25) is 5.88 Å². The molecule has 1 aliphatic heterocycles. The van der Waals surface area contributed by atoms with Gasteiger partial charge in [0, 0.05) is 23.8 Å². The minimum Gasteiger partial charge on any atom is -0.476 e. The maximum Gasteiger partial charge on any atom is 0.324 e. The molecule has 0 aliphatic carbocycles. The maximum absolute atomic E-state index is 13.1. The fourth-order valence-corrected chi connectivity index (χ4v) is 4.78. The normalized spacial score (nSPS) is 14.1. The van der Waals surface area contributed by atoms with Crippen molar-refractivity contribution in [2.75, 3.05) is 42.8 Å². The number of nitrogens with zero attached hydrogens (tertiary/aromatic N) is 3. The standard InChI is InChI=1S/C19H25BrN4O3S/c1-23(2)10-6-12-27-19-17(13-16(20)14-21-19)22-28(25,26)24-11-5-8-15-7-3-4-9-18(15)24/h3-4,7,9,13-14,22H,5-6,8,10-12H2,1-2H3. The summed E-state index contributed by atoms with van der Waals surface area (Å²) in [6, 6.07) is 9.26. The average molecular weight is 469 g/mol. The van der Waals surface area contributed by atoms with Gasteiger partial charge >= 0.3 is 10.2 Å². The van der Waals surface area contributed by atoms with Gasteiger partial charge in [-0.15, -0.1) is 0 Å². The molecule has 1 aromatic heterocycles. The minimum atomic E-state index is -3.80. The Hall–Kier alpha value is -1.84. The molecule has 0 radical (unpaired) electrons. The molecule has 28 heavy (non-hydrogen) atoms. The summed E-state index contributed by atoms with van der Waals surface area (Å²) in [6.07, 6.45) is 4.06. The largest absolute Gasteiger partial charge is 0.476 e. The molecule has 1 aromatic carbocycles. The fraction of sp³-hybridized carbons (Fsp3) is 0.421. The Morgan fingerprint density at radius 1 is 1.32 bits per heavy atom. The number of pyridine rings is 1. The number of ether oxygens (including phenoxy) is 1. The topological polar surface area (TPSA) is 74.8 Å². The zero-order valence-electron chi connectivity index (χ0n) is 16.1. The van der Waals surface area contributed by atoms with Gasteiger partial charge in [-0.3, -0.25) is 9.03 Å². The molecule has 2 aromatic rings. The number of hydrogen-bond acceptors (Lipinski definition) is 5. The molecule has 3 rings (SSSR count). The lowest BCUT2D eigenvalue weighted by Gasteiger charge is -2.30. The van der Waals surface area contributed by atoms with Gasteiger partial charge in [-0.25, -0.2) is 4.98 Å². The third-order valence-electron chi connectivity index (χ3n) is 4.40. The molecule has 1 N–H and O–H groups in total. The number of fused-ring (bicyclic) bond motifs is 1. The Balaban J connectivity index is 1.80. The van der Waals surface area contributed by atoms with Gasteiger partial charge in [0.15, 0.2) is 0 Å². The third-order valence-corrected chi connectivity index (χ3v) is 6.27. The van der Waals surface area contributed by atoms with Crippen molar-refractivity contribution in [1.29, 1.82) is 0 Å². The summed E-state index contributed by atoms with van der Waals surface area (Å²) in [4.78, 5) is 6.31. The number of anilines is 2. The number of halogens is 1. The van der Waals surface area contributed by atoms with E-state index in [1.54, 1.807) is 12.3 Å². The summed E-state index contributed by atoms with van der Waals surface area (Å²) in [5.41, 5.74) is 2.08.